The summed E-state index contributed by atoms with van der Waals surface area (Å²) in [6.45, 7) is 1.86. The maximum atomic E-state index is 8.41. The molecule has 0 saturated heterocycles. The minimum Gasteiger partial charge on any atom is -0.488 e. The molecule has 0 spiro atoms. The fourth-order valence-corrected chi connectivity index (χ4v) is 2.08. The summed E-state index contributed by atoms with van der Waals surface area (Å²) in [7, 11) is 0. The van der Waals surface area contributed by atoms with Crippen LogP contribution in [0.25, 0.3) is 0 Å². The van der Waals surface area contributed by atoms with Gasteiger partial charge in [-0.25, -0.2) is 0 Å². The Morgan fingerprint density at radius 1 is 1.35 bits per heavy atom. The molecule has 90 valence electrons. The number of rotatable bonds is 6. The van der Waals surface area contributed by atoms with Gasteiger partial charge in [0.25, 0.3) is 0 Å². The van der Waals surface area contributed by atoms with Gasteiger partial charge >= 0.3 is 0 Å². The summed E-state index contributed by atoms with van der Waals surface area (Å²) in [4.78, 5) is 0. The first-order valence-electron chi connectivity index (χ1n) is 6.22. The van der Waals surface area contributed by atoms with Crippen LogP contribution in [0.3, 0.4) is 0 Å². The van der Waals surface area contributed by atoms with Crippen molar-refractivity contribution in [3.05, 3.63) is 29.8 Å². The predicted octanol–water partition coefficient (Wildman–Crippen LogP) is 2.27. The van der Waals surface area contributed by atoms with E-state index in [4.69, 9.17) is 10.00 Å². The first kappa shape index (κ1) is 11.9. The van der Waals surface area contributed by atoms with Crippen LogP contribution in [0.5, 0.6) is 5.75 Å². The van der Waals surface area contributed by atoms with Gasteiger partial charge in [0, 0.05) is 19.4 Å². The third-order valence-electron chi connectivity index (χ3n) is 2.98. The molecule has 0 aromatic heterocycles. The van der Waals surface area contributed by atoms with E-state index in [2.05, 4.69) is 23.5 Å². The maximum absolute atomic E-state index is 8.41. The Kier molecular flexibility index (Phi) is 4.40. The molecule has 3 nitrogen and oxygen atoms in total. The topological polar surface area (TPSA) is 45.0 Å². The number of fused-ring (bicyclic) bond motifs is 1. The van der Waals surface area contributed by atoms with Crippen molar-refractivity contribution < 1.29 is 4.74 Å². The number of nitrogens with one attached hydrogen (secondary N) is 1. The molecule has 1 aliphatic rings. The Morgan fingerprint density at radius 2 is 2.24 bits per heavy atom. The van der Waals surface area contributed by atoms with E-state index in [1.807, 2.05) is 12.1 Å². The van der Waals surface area contributed by atoms with Crippen LogP contribution in [0.4, 0.5) is 0 Å². The highest BCUT2D eigenvalue weighted by atomic mass is 16.5. The van der Waals surface area contributed by atoms with Crippen LogP contribution in [0.2, 0.25) is 0 Å². The molecule has 2 rings (SSSR count). The van der Waals surface area contributed by atoms with E-state index in [1.165, 1.54) is 5.56 Å². The average molecular weight is 230 g/mol. The van der Waals surface area contributed by atoms with Crippen LogP contribution >= 0.6 is 0 Å². The number of nitrogens with zero attached hydrogens (tertiary/aromatic N) is 1. The third-order valence-corrected chi connectivity index (χ3v) is 2.98. The van der Waals surface area contributed by atoms with E-state index in [1.54, 1.807) is 0 Å². The number of hydrogen-bond donors (Lipinski definition) is 1. The lowest BCUT2D eigenvalue weighted by Gasteiger charge is -2.11. The van der Waals surface area contributed by atoms with Gasteiger partial charge in [-0.05, 0) is 31.0 Å². The summed E-state index contributed by atoms with van der Waals surface area (Å²) < 4.78 is 5.82. The second kappa shape index (κ2) is 6.27. The lowest BCUT2D eigenvalue weighted by molar-refractivity contribution is 0.227. The molecular weight excluding hydrogens is 212 g/mol. The molecule has 1 aromatic rings. The van der Waals surface area contributed by atoms with Crippen molar-refractivity contribution in [3.8, 4) is 11.8 Å². The van der Waals surface area contributed by atoms with Gasteiger partial charge < -0.3 is 10.1 Å². The van der Waals surface area contributed by atoms with Crippen molar-refractivity contribution in [1.29, 1.82) is 5.26 Å². The number of nitriles is 1. The fraction of sp³-hybridized carbons (Fsp3) is 0.500. The summed E-state index contributed by atoms with van der Waals surface area (Å²) in [5.41, 5.74) is 1.31. The summed E-state index contributed by atoms with van der Waals surface area (Å²) >= 11 is 0. The van der Waals surface area contributed by atoms with Crippen LogP contribution < -0.4 is 10.1 Å². The Balaban J connectivity index is 1.62. The first-order valence-corrected chi connectivity index (χ1v) is 6.22. The number of ether oxygens (including phenoxy) is 1. The summed E-state index contributed by atoms with van der Waals surface area (Å²) in [5, 5.41) is 11.8. The van der Waals surface area contributed by atoms with Gasteiger partial charge in [-0.15, -0.1) is 0 Å². The molecule has 0 saturated carbocycles. The van der Waals surface area contributed by atoms with Gasteiger partial charge in [-0.2, -0.15) is 5.26 Å². The molecule has 0 bridgehead atoms. The van der Waals surface area contributed by atoms with Crippen LogP contribution in [0, 0.1) is 11.3 Å². The molecule has 17 heavy (non-hydrogen) atoms. The molecule has 1 heterocycles. The van der Waals surface area contributed by atoms with Crippen LogP contribution in [0.15, 0.2) is 24.3 Å². The van der Waals surface area contributed by atoms with E-state index < -0.39 is 0 Å². The van der Waals surface area contributed by atoms with Crippen LogP contribution in [0.1, 0.15) is 24.8 Å². The van der Waals surface area contributed by atoms with Crippen molar-refractivity contribution in [2.75, 3.05) is 13.1 Å². The molecule has 3 heteroatoms. The van der Waals surface area contributed by atoms with Gasteiger partial charge in [0.15, 0.2) is 0 Å². The summed E-state index contributed by atoms with van der Waals surface area (Å²) in [5.74, 6) is 1.03. The van der Waals surface area contributed by atoms with E-state index >= 15 is 0 Å². The largest absolute Gasteiger partial charge is 0.488 e. The first-order chi connectivity index (χ1) is 8.40. The van der Waals surface area contributed by atoms with Gasteiger partial charge in [-0.1, -0.05) is 18.2 Å². The number of benzene rings is 1. The average Bonchev–Trinajstić information content (AvgIpc) is 2.76. The Bertz CT molecular complexity index is 372. The van der Waals surface area contributed by atoms with Crippen LogP contribution in [-0.4, -0.2) is 19.2 Å². The molecule has 1 aliphatic heterocycles. The second-order valence-corrected chi connectivity index (χ2v) is 4.37. The minimum absolute atomic E-state index is 0.267. The summed E-state index contributed by atoms with van der Waals surface area (Å²) in [6, 6.07) is 10.4. The zero-order valence-electron chi connectivity index (χ0n) is 9.98. The number of hydrogen-bond acceptors (Lipinski definition) is 3. The minimum atomic E-state index is 0.267. The fourth-order valence-electron chi connectivity index (χ4n) is 2.08. The van der Waals surface area contributed by atoms with Crippen molar-refractivity contribution in [2.45, 2.75) is 31.8 Å². The molecular formula is C14H18N2O. The van der Waals surface area contributed by atoms with Crippen molar-refractivity contribution in [1.82, 2.24) is 5.32 Å². The SMILES string of the molecule is N#CCCCCNCC1Cc2ccccc2O1. The lowest BCUT2D eigenvalue weighted by Crippen LogP contribution is -2.30. The molecule has 1 atom stereocenters. The second-order valence-electron chi connectivity index (χ2n) is 4.37. The van der Waals surface area contributed by atoms with Crippen LogP contribution in [-0.2, 0) is 6.42 Å². The van der Waals surface area contributed by atoms with Crippen molar-refractivity contribution in [2.24, 2.45) is 0 Å². The summed E-state index contributed by atoms with van der Waals surface area (Å²) in [6.07, 6.45) is 3.97. The molecule has 0 amide bonds. The molecule has 1 N–H and O–H groups in total. The van der Waals surface area contributed by atoms with E-state index in [0.717, 1.165) is 38.1 Å². The van der Waals surface area contributed by atoms with Gasteiger partial charge in [0.1, 0.15) is 11.9 Å². The quantitative estimate of drug-likeness (QED) is 0.762. The Labute approximate surface area is 102 Å². The van der Waals surface area contributed by atoms with E-state index in [0.29, 0.717) is 6.42 Å². The highest BCUT2D eigenvalue weighted by Gasteiger charge is 2.21. The predicted molar refractivity (Wildman–Crippen MR) is 66.9 cm³/mol. The van der Waals surface area contributed by atoms with Gasteiger partial charge in [0.2, 0.25) is 0 Å². The van der Waals surface area contributed by atoms with Crippen molar-refractivity contribution in [3.63, 3.8) is 0 Å². The zero-order valence-corrected chi connectivity index (χ0v) is 9.98. The van der Waals surface area contributed by atoms with Gasteiger partial charge in [0.05, 0.1) is 6.07 Å². The highest BCUT2D eigenvalue weighted by Crippen LogP contribution is 2.27. The van der Waals surface area contributed by atoms with Gasteiger partial charge in [-0.3, -0.25) is 0 Å². The van der Waals surface area contributed by atoms with E-state index in [9.17, 15) is 0 Å². The molecule has 0 aliphatic carbocycles. The maximum Gasteiger partial charge on any atom is 0.123 e. The Morgan fingerprint density at radius 3 is 3.06 bits per heavy atom. The lowest BCUT2D eigenvalue weighted by atomic mass is 10.1. The monoisotopic (exact) mass is 230 g/mol. The van der Waals surface area contributed by atoms with Crippen molar-refractivity contribution >= 4 is 0 Å². The highest BCUT2D eigenvalue weighted by molar-refractivity contribution is 5.37. The zero-order chi connectivity index (χ0) is 11.9. The molecule has 1 aromatic carbocycles. The number of unbranched alkanes of at least 4 members (excludes halogenated alkanes) is 2. The molecule has 0 radical (unpaired) electrons. The Hall–Kier alpha value is -1.53. The van der Waals surface area contributed by atoms with E-state index in [-0.39, 0.29) is 6.10 Å². The molecule has 1 unspecified atom stereocenters. The third kappa shape index (κ3) is 3.47. The smallest absolute Gasteiger partial charge is 0.123 e. The molecule has 0 fully saturated rings. The standard InChI is InChI=1S/C14H18N2O/c15-8-4-1-5-9-16-11-13-10-12-6-2-3-7-14(12)17-13/h2-3,6-7,13,16H,1,4-5,9-11H2. The normalized spacial score (nSPS) is 17.2. The number of para-hydroxylation sites is 1.